The van der Waals surface area contributed by atoms with Crippen molar-refractivity contribution in [2.75, 3.05) is 17.9 Å². The first-order chi connectivity index (χ1) is 15.7. The molecule has 34 heavy (non-hydrogen) atoms. The van der Waals surface area contributed by atoms with E-state index in [4.69, 9.17) is 16.3 Å². The van der Waals surface area contributed by atoms with Crippen LogP contribution in [0.25, 0.3) is 10.8 Å². The maximum absolute atomic E-state index is 12.9. The number of aryl methyl sites for hydroxylation is 1. The molecular weight excluding hydrogens is 460 g/mol. The highest BCUT2D eigenvalue weighted by Gasteiger charge is 2.18. The molecule has 2 aromatic carbocycles. The van der Waals surface area contributed by atoms with Gasteiger partial charge in [-0.1, -0.05) is 37.8 Å². The first kappa shape index (κ1) is 26.2. The summed E-state index contributed by atoms with van der Waals surface area (Å²) in [6.07, 6.45) is 0. The predicted octanol–water partition coefficient (Wildman–Crippen LogP) is 1.07. The van der Waals surface area contributed by atoms with Gasteiger partial charge in [0.15, 0.2) is 0 Å². The molecule has 1 amide bonds. The molecule has 3 aromatic rings. The molecule has 0 bridgehead atoms. The lowest BCUT2D eigenvalue weighted by atomic mass is 10.1. The van der Waals surface area contributed by atoms with E-state index < -0.39 is 21.5 Å². The molecule has 3 rings (SSSR count). The lowest BCUT2D eigenvalue weighted by molar-refractivity contribution is -0.122. The summed E-state index contributed by atoms with van der Waals surface area (Å²) in [5.74, 6) is -0.713. The van der Waals surface area contributed by atoms with E-state index in [1.165, 1.54) is 22.8 Å². The van der Waals surface area contributed by atoms with Crippen molar-refractivity contribution in [1.82, 2.24) is 9.88 Å². The van der Waals surface area contributed by atoms with Gasteiger partial charge in [-0.15, -0.1) is 0 Å². The minimum absolute atomic E-state index is 0. The SMILES string of the molecule is C.Cc1ccc(NS(=O)(=O)c2ccc3ccccc3c2)c(=O)n1CC(=O)NCCON=C(N)N. The van der Waals surface area contributed by atoms with Crippen LogP contribution in [0.3, 0.4) is 0 Å². The molecule has 0 saturated heterocycles. The quantitative estimate of drug-likeness (QED) is 0.151. The van der Waals surface area contributed by atoms with Gasteiger partial charge in [0.05, 0.1) is 11.4 Å². The number of nitrogens with two attached hydrogens (primary N) is 2. The smallest absolute Gasteiger partial charge is 0.275 e. The Morgan fingerprint density at radius 2 is 1.79 bits per heavy atom. The van der Waals surface area contributed by atoms with E-state index in [9.17, 15) is 18.0 Å². The van der Waals surface area contributed by atoms with Crippen LogP contribution >= 0.6 is 0 Å². The zero-order valence-corrected chi connectivity index (χ0v) is 18.6. The maximum atomic E-state index is 12.9. The van der Waals surface area contributed by atoms with Crippen LogP contribution in [0.5, 0.6) is 0 Å². The molecule has 1 heterocycles. The van der Waals surface area contributed by atoms with Gasteiger partial charge in [-0.3, -0.25) is 14.3 Å². The molecule has 0 spiro atoms. The second kappa shape index (κ2) is 11.2. The number of carbonyl (C=O) groups is 1. The standard InChI is InChI=1S/C21H24N6O5S.CH4/c1-14-6-9-18(20(29)27(14)13-19(28)24-10-11-32-25-21(22)23)26-33(30,31)17-8-7-15-4-2-3-5-16(15)12-17;/h2-9,12,26H,10-11,13H2,1H3,(H,24,28)(H4,22,23,25);1H4. The molecule has 12 heteroatoms. The fourth-order valence-corrected chi connectivity index (χ4v) is 4.13. The molecule has 0 radical (unpaired) electrons. The molecule has 0 atom stereocenters. The van der Waals surface area contributed by atoms with Crippen molar-refractivity contribution in [2.24, 2.45) is 16.6 Å². The molecule has 0 unspecified atom stereocenters. The van der Waals surface area contributed by atoms with Crippen LogP contribution in [-0.4, -0.2) is 38.0 Å². The van der Waals surface area contributed by atoms with Crippen molar-refractivity contribution in [3.05, 3.63) is 70.6 Å². The van der Waals surface area contributed by atoms with Gasteiger partial charge < -0.3 is 26.2 Å². The molecule has 0 aliphatic heterocycles. The minimum Gasteiger partial charge on any atom is -0.391 e. The number of amides is 1. The van der Waals surface area contributed by atoms with Crippen molar-refractivity contribution in [2.45, 2.75) is 25.8 Å². The summed E-state index contributed by atoms with van der Waals surface area (Å²) in [4.78, 5) is 29.9. The van der Waals surface area contributed by atoms with Gasteiger partial charge in [0, 0.05) is 5.69 Å². The molecular formula is C22H28N6O5S. The van der Waals surface area contributed by atoms with Gasteiger partial charge in [0.2, 0.25) is 11.9 Å². The summed E-state index contributed by atoms with van der Waals surface area (Å²) in [5, 5.41) is 7.52. The number of pyridine rings is 1. The monoisotopic (exact) mass is 488 g/mol. The Kier molecular flexibility index (Phi) is 8.62. The summed E-state index contributed by atoms with van der Waals surface area (Å²) in [6.45, 7) is 1.47. The first-order valence-corrected chi connectivity index (χ1v) is 11.4. The summed E-state index contributed by atoms with van der Waals surface area (Å²) in [5.41, 5.74) is 9.91. The zero-order chi connectivity index (χ0) is 24.0. The lowest BCUT2D eigenvalue weighted by Gasteiger charge is -2.14. The third-order valence-electron chi connectivity index (χ3n) is 4.66. The molecule has 0 saturated carbocycles. The summed E-state index contributed by atoms with van der Waals surface area (Å²) < 4.78 is 29.3. The fourth-order valence-electron chi connectivity index (χ4n) is 3.04. The third kappa shape index (κ3) is 6.48. The van der Waals surface area contributed by atoms with E-state index in [1.54, 1.807) is 25.1 Å². The topological polar surface area (TPSA) is 171 Å². The number of sulfonamides is 1. The lowest BCUT2D eigenvalue weighted by Crippen LogP contribution is -2.36. The first-order valence-electron chi connectivity index (χ1n) is 9.87. The van der Waals surface area contributed by atoms with Crippen LogP contribution in [0.15, 0.2) is 69.4 Å². The number of nitrogens with one attached hydrogen (secondary N) is 2. The average Bonchev–Trinajstić information content (AvgIpc) is 2.77. The van der Waals surface area contributed by atoms with Gasteiger partial charge in [0.25, 0.3) is 15.6 Å². The molecule has 0 aliphatic rings. The summed E-state index contributed by atoms with van der Waals surface area (Å²) in [6, 6.07) is 14.9. The van der Waals surface area contributed by atoms with Crippen LogP contribution in [-0.2, 0) is 26.2 Å². The highest BCUT2D eigenvalue weighted by Crippen LogP contribution is 2.20. The third-order valence-corrected chi connectivity index (χ3v) is 6.02. The van der Waals surface area contributed by atoms with E-state index >= 15 is 0 Å². The van der Waals surface area contributed by atoms with Gasteiger partial charge in [-0.05, 0) is 47.1 Å². The molecule has 1 aromatic heterocycles. The minimum atomic E-state index is -4.03. The number of oxime groups is 1. The van der Waals surface area contributed by atoms with E-state index in [0.29, 0.717) is 5.69 Å². The van der Waals surface area contributed by atoms with Crippen LogP contribution in [0.1, 0.15) is 13.1 Å². The molecule has 0 aliphatic carbocycles. The summed E-state index contributed by atoms with van der Waals surface area (Å²) >= 11 is 0. The van der Waals surface area contributed by atoms with E-state index in [2.05, 4.69) is 15.2 Å². The van der Waals surface area contributed by atoms with Gasteiger partial charge in [-0.25, -0.2) is 8.42 Å². The molecule has 182 valence electrons. The van der Waals surface area contributed by atoms with E-state index in [1.807, 2.05) is 18.2 Å². The second-order valence-corrected chi connectivity index (χ2v) is 8.78. The highest BCUT2D eigenvalue weighted by molar-refractivity contribution is 7.92. The number of benzene rings is 2. The number of rotatable bonds is 9. The highest BCUT2D eigenvalue weighted by atomic mass is 32.2. The Morgan fingerprint density at radius 1 is 1.09 bits per heavy atom. The van der Waals surface area contributed by atoms with Crippen molar-refractivity contribution >= 4 is 38.3 Å². The average molecular weight is 489 g/mol. The molecule has 11 nitrogen and oxygen atoms in total. The number of carbonyl (C=O) groups excluding carboxylic acids is 1. The summed E-state index contributed by atoms with van der Waals surface area (Å²) in [7, 11) is -4.03. The largest absolute Gasteiger partial charge is 0.391 e. The predicted molar refractivity (Wildman–Crippen MR) is 132 cm³/mol. The van der Waals surface area contributed by atoms with Crippen LogP contribution in [0, 0.1) is 6.92 Å². The van der Waals surface area contributed by atoms with E-state index in [0.717, 1.165) is 10.8 Å². The Bertz CT molecular complexity index is 1360. The zero-order valence-electron chi connectivity index (χ0n) is 17.8. The van der Waals surface area contributed by atoms with E-state index in [-0.39, 0.29) is 43.7 Å². The van der Waals surface area contributed by atoms with Crippen LogP contribution in [0.2, 0.25) is 0 Å². The van der Waals surface area contributed by atoms with Crippen molar-refractivity contribution in [1.29, 1.82) is 0 Å². The molecule has 0 fully saturated rings. The Labute approximate surface area is 197 Å². The van der Waals surface area contributed by atoms with Crippen molar-refractivity contribution in [3.8, 4) is 0 Å². The number of aromatic nitrogens is 1. The number of anilines is 1. The molecule has 6 N–H and O–H groups in total. The second-order valence-electron chi connectivity index (χ2n) is 7.09. The van der Waals surface area contributed by atoms with Crippen molar-refractivity contribution in [3.63, 3.8) is 0 Å². The number of hydrogen-bond acceptors (Lipinski definition) is 6. The van der Waals surface area contributed by atoms with Crippen molar-refractivity contribution < 1.29 is 18.0 Å². The Hall–Kier alpha value is -4.06. The maximum Gasteiger partial charge on any atom is 0.275 e. The van der Waals surface area contributed by atoms with Gasteiger partial charge in [-0.2, -0.15) is 0 Å². The number of guanidine groups is 1. The number of hydrogen-bond donors (Lipinski definition) is 4. The normalized spacial score (nSPS) is 10.7. The number of fused-ring (bicyclic) bond motifs is 1. The van der Waals surface area contributed by atoms with Gasteiger partial charge >= 0.3 is 0 Å². The number of nitrogens with zero attached hydrogens (tertiary/aromatic N) is 2. The van der Waals surface area contributed by atoms with Gasteiger partial charge in [0.1, 0.15) is 18.8 Å². The Balaban J connectivity index is 0.00000408. The van der Waals surface area contributed by atoms with Crippen LogP contribution < -0.4 is 27.1 Å². The van der Waals surface area contributed by atoms with Crippen LogP contribution in [0.4, 0.5) is 5.69 Å². The fraction of sp³-hybridized carbons (Fsp3) is 0.227. The Morgan fingerprint density at radius 3 is 2.50 bits per heavy atom.